The van der Waals surface area contributed by atoms with Crippen molar-refractivity contribution in [1.82, 2.24) is 30.3 Å². The minimum Gasteiger partial charge on any atom is -0.376 e. The van der Waals surface area contributed by atoms with Crippen LogP contribution in [0.1, 0.15) is 43.4 Å². The summed E-state index contributed by atoms with van der Waals surface area (Å²) in [5.41, 5.74) is 1.38. The third-order valence-corrected chi connectivity index (χ3v) is 6.66. The van der Waals surface area contributed by atoms with Gasteiger partial charge in [-0.05, 0) is 44.6 Å². The number of nitrogens with zero attached hydrogens (tertiary/aromatic N) is 5. The minimum atomic E-state index is 0. The van der Waals surface area contributed by atoms with Gasteiger partial charge in [-0.1, -0.05) is 30.3 Å². The molecule has 3 unspecified atom stereocenters. The molecule has 3 atom stereocenters. The van der Waals surface area contributed by atoms with Gasteiger partial charge in [-0.15, -0.1) is 34.2 Å². The fraction of sp³-hybridized carbons (Fsp3) is 0.625. The maximum atomic E-state index is 5.77. The number of aliphatic imine (C=N–C) groups is 1. The Morgan fingerprint density at radius 1 is 1.18 bits per heavy atom. The van der Waals surface area contributed by atoms with E-state index in [1.54, 1.807) is 0 Å². The van der Waals surface area contributed by atoms with Gasteiger partial charge in [-0.25, -0.2) is 4.99 Å². The van der Waals surface area contributed by atoms with Crippen LogP contribution in [0.2, 0.25) is 0 Å². The Morgan fingerprint density at radius 3 is 2.67 bits per heavy atom. The topological polar surface area (TPSA) is 79.6 Å². The lowest BCUT2D eigenvalue weighted by molar-refractivity contribution is 0.113. The molecule has 2 aromatic rings. The lowest BCUT2D eigenvalue weighted by Gasteiger charge is -2.21. The Balaban J connectivity index is 0.00000306. The second-order valence-corrected chi connectivity index (χ2v) is 9.15. The lowest BCUT2D eigenvalue weighted by atomic mass is 10.1. The molecule has 0 bridgehead atoms. The summed E-state index contributed by atoms with van der Waals surface area (Å²) >= 11 is 0. The Hall–Kier alpha value is -1.72. The van der Waals surface area contributed by atoms with E-state index in [-0.39, 0.29) is 30.1 Å². The number of aromatic nitrogens is 3. The summed E-state index contributed by atoms with van der Waals surface area (Å²) in [6, 6.07) is 11.3. The van der Waals surface area contributed by atoms with Gasteiger partial charge in [0.2, 0.25) is 0 Å². The number of hydrogen-bond donors (Lipinski definition) is 2. The number of ether oxygens (including phenoxy) is 1. The lowest BCUT2D eigenvalue weighted by Crippen LogP contribution is -2.43. The van der Waals surface area contributed by atoms with Gasteiger partial charge in [0.1, 0.15) is 12.4 Å². The molecule has 2 fully saturated rings. The molecule has 1 aromatic carbocycles. The number of likely N-dealkylation sites (tertiary alicyclic amines) is 1. The van der Waals surface area contributed by atoms with Gasteiger partial charge in [0.05, 0.1) is 6.10 Å². The molecule has 0 radical (unpaired) electrons. The first-order chi connectivity index (χ1) is 15.6. The maximum Gasteiger partial charge on any atom is 0.191 e. The van der Waals surface area contributed by atoms with Crippen molar-refractivity contribution >= 4 is 29.9 Å². The first-order valence-electron chi connectivity index (χ1n) is 11.8. The van der Waals surface area contributed by atoms with Crippen molar-refractivity contribution in [2.75, 3.05) is 26.2 Å². The Kier molecular flexibility index (Phi) is 9.94. The van der Waals surface area contributed by atoms with E-state index in [1.807, 2.05) is 18.5 Å². The van der Waals surface area contributed by atoms with E-state index in [0.29, 0.717) is 18.5 Å². The first kappa shape index (κ1) is 25.9. The highest BCUT2D eigenvalue weighted by Crippen LogP contribution is 2.24. The Bertz CT molecular complexity index is 882. The molecular formula is C24H38IN7O. The highest BCUT2D eigenvalue weighted by atomic mass is 127. The largest absolute Gasteiger partial charge is 0.376 e. The summed E-state index contributed by atoms with van der Waals surface area (Å²) in [7, 11) is 1.98. The van der Waals surface area contributed by atoms with Crippen LogP contribution in [0, 0.1) is 12.8 Å². The van der Waals surface area contributed by atoms with E-state index < -0.39 is 0 Å². The zero-order valence-corrected chi connectivity index (χ0v) is 22.4. The standard InChI is InChI=1S/C24H37N7O.HI/c1-18-12-21(17-31(18)16-20-8-5-4-6-9-20)13-25-24(26-14-22-10-7-11-32-22)27-15-23-29-28-19(2)30(23)3;/h4-6,8-9,18,21-22H,7,10-17H2,1-3H3,(H2,25,26,27);1H. The number of hydrogen-bond acceptors (Lipinski definition) is 5. The zero-order valence-electron chi connectivity index (χ0n) is 20.0. The quantitative estimate of drug-likeness (QED) is 0.290. The van der Waals surface area contributed by atoms with Crippen LogP contribution in [0.15, 0.2) is 35.3 Å². The third-order valence-electron chi connectivity index (χ3n) is 6.66. The van der Waals surface area contributed by atoms with E-state index in [1.165, 1.54) is 12.0 Å². The normalized spacial score (nSPS) is 23.5. The number of rotatable bonds is 8. The molecule has 9 heteroatoms. The molecule has 2 aliphatic heterocycles. The molecule has 2 saturated heterocycles. The number of benzene rings is 1. The number of guanidine groups is 1. The molecule has 8 nitrogen and oxygen atoms in total. The number of nitrogens with one attached hydrogen (secondary N) is 2. The van der Waals surface area contributed by atoms with Crippen LogP contribution in [0.5, 0.6) is 0 Å². The monoisotopic (exact) mass is 567 g/mol. The van der Waals surface area contributed by atoms with Crippen LogP contribution in [0.3, 0.4) is 0 Å². The molecule has 182 valence electrons. The van der Waals surface area contributed by atoms with Gasteiger partial charge in [0.15, 0.2) is 11.8 Å². The summed E-state index contributed by atoms with van der Waals surface area (Å²) in [4.78, 5) is 7.38. The van der Waals surface area contributed by atoms with Crippen LogP contribution in [-0.2, 0) is 24.9 Å². The van der Waals surface area contributed by atoms with Crippen molar-refractivity contribution in [2.45, 2.75) is 58.3 Å². The molecule has 2 aliphatic rings. The average molecular weight is 568 g/mol. The van der Waals surface area contributed by atoms with Crippen molar-refractivity contribution in [1.29, 1.82) is 0 Å². The predicted octanol–water partition coefficient (Wildman–Crippen LogP) is 2.87. The van der Waals surface area contributed by atoms with Gasteiger partial charge in [0.25, 0.3) is 0 Å². The van der Waals surface area contributed by atoms with Crippen molar-refractivity contribution < 1.29 is 4.74 Å². The molecule has 0 amide bonds. The van der Waals surface area contributed by atoms with E-state index in [9.17, 15) is 0 Å². The van der Waals surface area contributed by atoms with Gasteiger partial charge >= 0.3 is 0 Å². The molecule has 1 aromatic heterocycles. The molecular weight excluding hydrogens is 529 g/mol. The SMILES string of the molecule is Cc1nnc(CN=C(NCC2CC(C)N(Cc3ccccc3)C2)NCC2CCCO2)n1C.I. The fourth-order valence-electron chi connectivity index (χ4n) is 4.57. The number of aryl methyl sites for hydroxylation is 1. The van der Waals surface area contributed by atoms with Crippen LogP contribution >= 0.6 is 24.0 Å². The minimum absolute atomic E-state index is 0. The van der Waals surface area contributed by atoms with Gasteiger partial charge in [-0.3, -0.25) is 4.90 Å². The van der Waals surface area contributed by atoms with Crippen LogP contribution < -0.4 is 10.6 Å². The molecule has 33 heavy (non-hydrogen) atoms. The molecule has 0 spiro atoms. The van der Waals surface area contributed by atoms with Crippen molar-refractivity contribution in [3.05, 3.63) is 47.5 Å². The smallest absolute Gasteiger partial charge is 0.191 e. The summed E-state index contributed by atoms with van der Waals surface area (Å²) in [5, 5.41) is 15.5. The Morgan fingerprint density at radius 2 is 1.97 bits per heavy atom. The van der Waals surface area contributed by atoms with E-state index in [4.69, 9.17) is 9.73 Å². The van der Waals surface area contributed by atoms with Gasteiger partial charge < -0.3 is 19.9 Å². The average Bonchev–Trinajstić information content (AvgIpc) is 3.52. The van der Waals surface area contributed by atoms with Crippen LogP contribution in [0.25, 0.3) is 0 Å². The highest BCUT2D eigenvalue weighted by Gasteiger charge is 2.29. The van der Waals surface area contributed by atoms with Gasteiger partial charge in [0, 0.05) is 45.9 Å². The fourth-order valence-corrected chi connectivity index (χ4v) is 4.57. The molecule has 0 aliphatic carbocycles. The summed E-state index contributed by atoms with van der Waals surface area (Å²) in [5.74, 6) is 3.19. The van der Waals surface area contributed by atoms with Crippen LogP contribution in [0.4, 0.5) is 0 Å². The van der Waals surface area contributed by atoms with Crippen molar-refractivity contribution in [3.63, 3.8) is 0 Å². The summed E-state index contributed by atoms with van der Waals surface area (Å²) in [6.07, 6.45) is 3.72. The van der Waals surface area contributed by atoms with E-state index in [2.05, 4.69) is 63.0 Å². The maximum absolute atomic E-state index is 5.77. The first-order valence-corrected chi connectivity index (χ1v) is 11.8. The van der Waals surface area contributed by atoms with Crippen molar-refractivity contribution in [2.24, 2.45) is 18.0 Å². The molecule has 2 N–H and O–H groups in total. The van der Waals surface area contributed by atoms with E-state index in [0.717, 1.165) is 63.2 Å². The predicted molar refractivity (Wildman–Crippen MR) is 142 cm³/mol. The second kappa shape index (κ2) is 12.7. The Labute approximate surface area is 214 Å². The second-order valence-electron chi connectivity index (χ2n) is 9.15. The zero-order chi connectivity index (χ0) is 22.3. The van der Waals surface area contributed by atoms with Crippen molar-refractivity contribution in [3.8, 4) is 0 Å². The van der Waals surface area contributed by atoms with Crippen LogP contribution in [-0.4, -0.2) is 64.0 Å². The number of halogens is 1. The summed E-state index contributed by atoms with van der Waals surface area (Å²) < 4.78 is 7.76. The molecule has 3 heterocycles. The van der Waals surface area contributed by atoms with E-state index >= 15 is 0 Å². The molecule has 0 saturated carbocycles. The highest BCUT2D eigenvalue weighted by molar-refractivity contribution is 14.0. The molecule has 4 rings (SSSR count). The van der Waals surface area contributed by atoms with Gasteiger partial charge in [-0.2, -0.15) is 0 Å². The third kappa shape index (κ3) is 7.38. The summed E-state index contributed by atoms with van der Waals surface area (Å²) in [6.45, 7) is 9.46.